The summed E-state index contributed by atoms with van der Waals surface area (Å²) in [4.78, 5) is 35.5. The van der Waals surface area contributed by atoms with Crippen LogP contribution in [0.3, 0.4) is 0 Å². The summed E-state index contributed by atoms with van der Waals surface area (Å²) < 4.78 is 43.6. The van der Waals surface area contributed by atoms with E-state index in [1.54, 1.807) is 0 Å². The second-order valence-corrected chi connectivity index (χ2v) is 4.74. The minimum absolute atomic E-state index is 0.237. The molecule has 0 fully saturated rings. The number of ether oxygens (including phenoxy) is 1. The van der Waals surface area contributed by atoms with Crippen molar-refractivity contribution in [2.45, 2.75) is 6.61 Å². The number of anilines is 1. The predicted molar refractivity (Wildman–Crippen MR) is 74.8 cm³/mol. The van der Waals surface area contributed by atoms with Crippen molar-refractivity contribution in [3.8, 4) is 11.4 Å². The topological polar surface area (TPSA) is 103 Å². The molecule has 1 aromatic carbocycles. The molecule has 0 saturated heterocycles. The fourth-order valence-corrected chi connectivity index (χ4v) is 2.39. The third-order valence-corrected chi connectivity index (χ3v) is 3.35. The van der Waals surface area contributed by atoms with E-state index in [1.807, 2.05) is 5.32 Å². The molecule has 24 heavy (non-hydrogen) atoms. The zero-order chi connectivity index (χ0) is 17.6. The van der Waals surface area contributed by atoms with E-state index in [-0.39, 0.29) is 11.1 Å². The third-order valence-electron chi connectivity index (χ3n) is 3.35. The SMILES string of the molecule is Nc1c2c(cc(=O)n1-c1cccc(OC(F)F)c1F)C(=O)NC2=O. The van der Waals surface area contributed by atoms with Crippen LogP contribution in [-0.2, 0) is 0 Å². The molecule has 2 amide bonds. The number of nitrogen functional groups attached to an aromatic ring is 1. The van der Waals surface area contributed by atoms with Gasteiger partial charge in [-0.05, 0) is 12.1 Å². The molecule has 124 valence electrons. The lowest BCUT2D eigenvalue weighted by atomic mass is 10.1. The number of nitrogens with two attached hydrogens (primary N) is 1. The number of nitrogens with zero attached hydrogens (tertiary/aromatic N) is 1. The lowest BCUT2D eigenvalue weighted by Crippen LogP contribution is -2.25. The maximum atomic E-state index is 14.4. The van der Waals surface area contributed by atoms with Crippen LogP contribution in [0.25, 0.3) is 5.69 Å². The Morgan fingerprint density at radius 3 is 2.54 bits per heavy atom. The van der Waals surface area contributed by atoms with E-state index in [2.05, 4.69) is 4.74 Å². The zero-order valence-electron chi connectivity index (χ0n) is 11.7. The number of halogens is 3. The van der Waals surface area contributed by atoms with Crippen molar-refractivity contribution >= 4 is 17.6 Å². The quantitative estimate of drug-likeness (QED) is 0.814. The van der Waals surface area contributed by atoms with Crippen molar-refractivity contribution in [2.24, 2.45) is 0 Å². The number of amides is 2. The van der Waals surface area contributed by atoms with Crippen LogP contribution in [0.2, 0.25) is 0 Å². The average molecular weight is 339 g/mol. The highest BCUT2D eigenvalue weighted by molar-refractivity contribution is 6.23. The molecular formula is C14H8F3N3O4. The average Bonchev–Trinajstić information content (AvgIpc) is 2.77. The van der Waals surface area contributed by atoms with Crippen molar-refractivity contribution in [1.29, 1.82) is 0 Å². The van der Waals surface area contributed by atoms with Crippen LogP contribution >= 0.6 is 0 Å². The van der Waals surface area contributed by atoms with Crippen LogP contribution in [0.1, 0.15) is 20.7 Å². The van der Waals surface area contributed by atoms with E-state index in [4.69, 9.17) is 5.73 Å². The molecule has 10 heteroatoms. The summed E-state index contributed by atoms with van der Waals surface area (Å²) in [5.74, 6) is -4.21. The Kier molecular flexibility index (Phi) is 3.51. The van der Waals surface area contributed by atoms with Gasteiger partial charge in [0.25, 0.3) is 17.4 Å². The van der Waals surface area contributed by atoms with E-state index in [1.165, 1.54) is 6.07 Å². The number of benzene rings is 1. The fraction of sp³-hybridized carbons (Fsp3) is 0.0714. The lowest BCUT2D eigenvalue weighted by molar-refractivity contribution is -0.0521. The number of nitrogens with one attached hydrogen (secondary N) is 1. The number of carbonyl (C=O) groups excluding carboxylic acids is 2. The van der Waals surface area contributed by atoms with Crippen molar-refractivity contribution in [3.05, 3.63) is 51.6 Å². The number of alkyl halides is 2. The Bertz CT molecular complexity index is 940. The first-order valence-corrected chi connectivity index (χ1v) is 6.46. The smallest absolute Gasteiger partial charge is 0.387 e. The molecule has 3 N–H and O–H groups in total. The molecule has 1 aliphatic rings. The third kappa shape index (κ3) is 2.28. The van der Waals surface area contributed by atoms with E-state index in [9.17, 15) is 27.6 Å². The molecule has 1 aromatic heterocycles. The van der Waals surface area contributed by atoms with Gasteiger partial charge in [0.15, 0.2) is 11.6 Å². The highest BCUT2D eigenvalue weighted by Gasteiger charge is 2.32. The molecule has 7 nitrogen and oxygen atoms in total. The number of hydrogen-bond donors (Lipinski definition) is 2. The number of carbonyl (C=O) groups is 2. The first-order valence-electron chi connectivity index (χ1n) is 6.46. The van der Waals surface area contributed by atoms with Crippen LogP contribution in [0.5, 0.6) is 5.75 Å². The Labute approximate surface area is 131 Å². The second kappa shape index (κ2) is 5.41. The molecule has 0 aliphatic carbocycles. The molecule has 0 radical (unpaired) electrons. The first kappa shape index (κ1) is 15.6. The summed E-state index contributed by atoms with van der Waals surface area (Å²) in [6.07, 6.45) is 0. The summed E-state index contributed by atoms with van der Waals surface area (Å²) in [6, 6.07) is 4.01. The number of hydrogen-bond acceptors (Lipinski definition) is 5. The summed E-state index contributed by atoms with van der Waals surface area (Å²) in [5, 5.41) is 1.95. The van der Waals surface area contributed by atoms with Crippen molar-refractivity contribution in [1.82, 2.24) is 9.88 Å². The van der Waals surface area contributed by atoms with Gasteiger partial charge in [-0.2, -0.15) is 8.78 Å². The standard InChI is InChI=1S/C14H8F3N3O4/c15-10-6(2-1-3-7(10)24-14(16)17)20-8(21)4-5-9(11(20)18)13(23)19-12(5)22/h1-4,14H,18H2,(H,19,22,23). The summed E-state index contributed by atoms with van der Waals surface area (Å²) in [6.45, 7) is -3.27. The van der Waals surface area contributed by atoms with Gasteiger partial charge >= 0.3 is 6.61 Å². The van der Waals surface area contributed by atoms with Crippen LogP contribution in [-0.4, -0.2) is 23.0 Å². The fourth-order valence-electron chi connectivity index (χ4n) is 2.39. The lowest BCUT2D eigenvalue weighted by Gasteiger charge is -2.14. The number of fused-ring (bicyclic) bond motifs is 1. The van der Waals surface area contributed by atoms with E-state index in [0.717, 1.165) is 18.2 Å². The molecule has 2 heterocycles. The maximum Gasteiger partial charge on any atom is 0.387 e. The van der Waals surface area contributed by atoms with Gasteiger partial charge in [0.05, 0.1) is 16.8 Å². The molecule has 1 aliphatic heterocycles. The molecular weight excluding hydrogens is 331 g/mol. The number of imide groups is 1. The largest absolute Gasteiger partial charge is 0.432 e. The van der Waals surface area contributed by atoms with Crippen LogP contribution in [0.4, 0.5) is 19.0 Å². The van der Waals surface area contributed by atoms with E-state index < -0.39 is 47.1 Å². The van der Waals surface area contributed by atoms with E-state index >= 15 is 0 Å². The van der Waals surface area contributed by atoms with Gasteiger partial charge in [-0.3, -0.25) is 24.3 Å². The Morgan fingerprint density at radius 1 is 1.17 bits per heavy atom. The van der Waals surface area contributed by atoms with Crippen LogP contribution in [0.15, 0.2) is 29.1 Å². The van der Waals surface area contributed by atoms with Gasteiger partial charge < -0.3 is 10.5 Å². The van der Waals surface area contributed by atoms with Gasteiger partial charge in [0, 0.05) is 6.07 Å². The minimum atomic E-state index is -3.27. The summed E-state index contributed by atoms with van der Waals surface area (Å²) in [7, 11) is 0. The molecule has 0 unspecified atom stereocenters. The summed E-state index contributed by atoms with van der Waals surface area (Å²) >= 11 is 0. The van der Waals surface area contributed by atoms with Gasteiger partial charge in [-0.25, -0.2) is 4.39 Å². The van der Waals surface area contributed by atoms with Gasteiger partial charge in [-0.15, -0.1) is 0 Å². The molecule has 3 rings (SSSR count). The molecule has 0 atom stereocenters. The monoisotopic (exact) mass is 339 g/mol. The molecule has 2 aromatic rings. The Hall–Kier alpha value is -3.30. The van der Waals surface area contributed by atoms with Gasteiger partial charge in [0.2, 0.25) is 0 Å². The van der Waals surface area contributed by atoms with Crippen molar-refractivity contribution in [2.75, 3.05) is 5.73 Å². The predicted octanol–water partition coefficient (Wildman–Crippen LogP) is 1.04. The number of aromatic nitrogens is 1. The summed E-state index contributed by atoms with van der Waals surface area (Å²) in [5.41, 5.74) is 3.80. The minimum Gasteiger partial charge on any atom is -0.432 e. The highest BCUT2D eigenvalue weighted by atomic mass is 19.3. The molecule has 0 spiro atoms. The second-order valence-electron chi connectivity index (χ2n) is 4.74. The van der Waals surface area contributed by atoms with E-state index in [0.29, 0.717) is 4.57 Å². The van der Waals surface area contributed by atoms with Crippen LogP contribution in [0, 0.1) is 5.82 Å². The molecule has 0 saturated carbocycles. The van der Waals surface area contributed by atoms with Gasteiger partial charge in [0.1, 0.15) is 5.82 Å². The maximum absolute atomic E-state index is 14.4. The number of rotatable bonds is 3. The first-order chi connectivity index (χ1) is 11.3. The van der Waals surface area contributed by atoms with Gasteiger partial charge in [-0.1, -0.05) is 6.07 Å². The normalized spacial score (nSPS) is 13.2. The Balaban J connectivity index is 2.26. The van der Waals surface area contributed by atoms with Crippen molar-refractivity contribution < 1.29 is 27.5 Å². The highest BCUT2D eigenvalue weighted by Crippen LogP contribution is 2.28. The Morgan fingerprint density at radius 2 is 1.88 bits per heavy atom. The van der Waals surface area contributed by atoms with Crippen molar-refractivity contribution in [3.63, 3.8) is 0 Å². The van der Waals surface area contributed by atoms with Crippen LogP contribution < -0.4 is 21.3 Å². The zero-order valence-corrected chi connectivity index (χ0v) is 11.7. The molecule has 0 bridgehead atoms. The number of pyridine rings is 1.